The molecule has 1 aromatic carbocycles. The van der Waals surface area contributed by atoms with Gasteiger partial charge in [-0.2, -0.15) is 0 Å². The zero-order valence-electron chi connectivity index (χ0n) is 10.5. The molecule has 0 spiro atoms. The Morgan fingerprint density at radius 3 is 3.05 bits per heavy atom. The molecular weight excluding hydrogens is 240 g/mol. The highest BCUT2D eigenvalue weighted by molar-refractivity contribution is 5.63. The molecule has 0 atom stereocenters. The average molecular weight is 254 g/mol. The van der Waals surface area contributed by atoms with Gasteiger partial charge in [0.05, 0.1) is 0 Å². The molecule has 0 fully saturated rings. The fraction of sp³-hybridized carbons (Fsp3) is 0.154. The zero-order chi connectivity index (χ0) is 13.2. The largest absolute Gasteiger partial charge is 0.368 e. The summed E-state index contributed by atoms with van der Waals surface area (Å²) >= 11 is 0. The third-order valence-corrected chi connectivity index (χ3v) is 2.90. The van der Waals surface area contributed by atoms with Crippen LogP contribution in [0, 0.1) is 6.92 Å². The van der Waals surface area contributed by atoms with Gasteiger partial charge in [-0.05, 0) is 12.5 Å². The van der Waals surface area contributed by atoms with Crippen molar-refractivity contribution in [1.82, 2.24) is 19.6 Å². The molecule has 19 heavy (non-hydrogen) atoms. The van der Waals surface area contributed by atoms with Gasteiger partial charge in [0.2, 0.25) is 11.6 Å². The summed E-state index contributed by atoms with van der Waals surface area (Å²) in [7, 11) is 0. The van der Waals surface area contributed by atoms with Gasteiger partial charge in [0.1, 0.15) is 0 Å². The Labute approximate surface area is 110 Å². The van der Waals surface area contributed by atoms with Crippen molar-refractivity contribution in [2.24, 2.45) is 0 Å². The molecule has 0 aliphatic rings. The summed E-state index contributed by atoms with van der Waals surface area (Å²) in [6.07, 6.45) is 3.41. The van der Waals surface area contributed by atoms with E-state index in [0.29, 0.717) is 24.0 Å². The summed E-state index contributed by atoms with van der Waals surface area (Å²) in [5.74, 6) is 1.03. The molecule has 2 aromatic heterocycles. The number of hydrogen-bond donors (Lipinski definition) is 2. The number of nitrogen functional groups attached to an aromatic ring is 1. The maximum Gasteiger partial charge on any atom is 0.226 e. The molecule has 0 saturated carbocycles. The van der Waals surface area contributed by atoms with E-state index in [1.165, 1.54) is 11.1 Å². The lowest BCUT2D eigenvalue weighted by molar-refractivity contribution is 1.07. The molecule has 96 valence electrons. The van der Waals surface area contributed by atoms with E-state index in [9.17, 15) is 0 Å². The van der Waals surface area contributed by atoms with Crippen molar-refractivity contribution < 1.29 is 0 Å². The highest BCUT2D eigenvalue weighted by Crippen LogP contribution is 2.14. The first-order chi connectivity index (χ1) is 9.24. The predicted molar refractivity (Wildman–Crippen MR) is 73.7 cm³/mol. The second kappa shape index (κ2) is 4.56. The van der Waals surface area contributed by atoms with Crippen LogP contribution in [-0.2, 0) is 6.54 Å². The van der Waals surface area contributed by atoms with Crippen molar-refractivity contribution in [2.75, 3.05) is 11.1 Å². The van der Waals surface area contributed by atoms with Crippen LogP contribution < -0.4 is 11.1 Å². The van der Waals surface area contributed by atoms with Gasteiger partial charge >= 0.3 is 0 Å². The van der Waals surface area contributed by atoms with E-state index in [1.54, 1.807) is 16.8 Å². The van der Waals surface area contributed by atoms with Crippen LogP contribution in [0.2, 0.25) is 0 Å². The fourth-order valence-corrected chi connectivity index (χ4v) is 1.98. The van der Waals surface area contributed by atoms with Crippen molar-refractivity contribution >= 4 is 17.4 Å². The van der Waals surface area contributed by atoms with Crippen LogP contribution in [0.3, 0.4) is 0 Å². The molecule has 6 nitrogen and oxygen atoms in total. The molecule has 2 heterocycles. The lowest BCUT2D eigenvalue weighted by Gasteiger charge is -2.07. The van der Waals surface area contributed by atoms with Gasteiger partial charge < -0.3 is 11.1 Å². The first-order valence-electron chi connectivity index (χ1n) is 5.98. The van der Waals surface area contributed by atoms with Crippen LogP contribution in [0.25, 0.3) is 5.65 Å². The van der Waals surface area contributed by atoms with E-state index in [4.69, 9.17) is 5.73 Å². The minimum absolute atomic E-state index is 0.357. The normalized spacial score (nSPS) is 10.8. The summed E-state index contributed by atoms with van der Waals surface area (Å²) in [6.45, 7) is 2.75. The molecule has 6 heteroatoms. The van der Waals surface area contributed by atoms with E-state index in [-0.39, 0.29) is 0 Å². The number of aromatic nitrogens is 4. The highest BCUT2D eigenvalue weighted by atomic mass is 15.3. The number of anilines is 2. The molecule has 0 unspecified atom stereocenters. The number of nitrogens with two attached hydrogens (primary N) is 1. The maximum atomic E-state index is 5.71. The molecular formula is C13H14N6. The van der Waals surface area contributed by atoms with E-state index in [2.05, 4.69) is 45.6 Å². The molecule has 0 aliphatic carbocycles. The minimum atomic E-state index is 0.357. The third-order valence-electron chi connectivity index (χ3n) is 2.90. The average Bonchev–Trinajstić information content (AvgIpc) is 2.79. The molecule has 3 N–H and O–H groups in total. The Bertz CT molecular complexity index is 718. The molecule has 3 rings (SSSR count). The Morgan fingerprint density at radius 1 is 1.32 bits per heavy atom. The topological polar surface area (TPSA) is 81.1 Å². The number of fused-ring (bicyclic) bond motifs is 1. The SMILES string of the molecule is Cc1cccc(CNc2nccn3c(N)nnc23)c1. The van der Waals surface area contributed by atoms with Crippen molar-refractivity contribution in [2.45, 2.75) is 13.5 Å². The monoisotopic (exact) mass is 254 g/mol. The Hall–Kier alpha value is -2.63. The minimum Gasteiger partial charge on any atom is -0.368 e. The van der Waals surface area contributed by atoms with Gasteiger partial charge in [-0.25, -0.2) is 4.98 Å². The molecule has 3 aromatic rings. The van der Waals surface area contributed by atoms with Crippen LogP contribution in [-0.4, -0.2) is 19.6 Å². The van der Waals surface area contributed by atoms with Gasteiger partial charge in [0, 0.05) is 18.9 Å². The number of nitrogens with zero attached hydrogens (tertiary/aromatic N) is 4. The van der Waals surface area contributed by atoms with Crippen LogP contribution in [0.15, 0.2) is 36.7 Å². The van der Waals surface area contributed by atoms with Crippen molar-refractivity contribution in [3.8, 4) is 0 Å². The number of rotatable bonds is 3. The molecule has 0 saturated heterocycles. The van der Waals surface area contributed by atoms with Gasteiger partial charge in [0.25, 0.3) is 0 Å². The Balaban J connectivity index is 1.86. The summed E-state index contributed by atoms with van der Waals surface area (Å²) in [5, 5.41) is 11.1. The smallest absolute Gasteiger partial charge is 0.226 e. The molecule has 0 amide bonds. The van der Waals surface area contributed by atoms with Gasteiger partial charge in [-0.3, -0.25) is 4.40 Å². The van der Waals surface area contributed by atoms with Crippen molar-refractivity contribution in [3.63, 3.8) is 0 Å². The van der Waals surface area contributed by atoms with Crippen LogP contribution in [0.4, 0.5) is 11.8 Å². The van der Waals surface area contributed by atoms with E-state index in [1.807, 2.05) is 6.07 Å². The third kappa shape index (κ3) is 2.20. The van der Waals surface area contributed by atoms with E-state index >= 15 is 0 Å². The molecule has 0 aliphatic heterocycles. The first kappa shape index (κ1) is 11.5. The summed E-state index contributed by atoms with van der Waals surface area (Å²) in [5.41, 5.74) is 8.76. The Kier molecular flexibility index (Phi) is 2.75. The molecule has 0 radical (unpaired) electrons. The maximum absolute atomic E-state index is 5.71. The van der Waals surface area contributed by atoms with Crippen LogP contribution in [0.5, 0.6) is 0 Å². The van der Waals surface area contributed by atoms with Gasteiger partial charge in [-0.1, -0.05) is 29.8 Å². The van der Waals surface area contributed by atoms with Crippen molar-refractivity contribution in [3.05, 3.63) is 47.8 Å². The van der Waals surface area contributed by atoms with E-state index < -0.39 is 0 Å². The number of hydrogen-bond acceptors (Lipinski definition) is 5. The number of benzene rings is 1. The number of aryl methyl sites for hydroxylation is 1. The van der Waals surface area contributed by atoms with Crippen LogP contribution in [0.1, 0.15) is 11.1 Å². The highest BCUT2D eigenvalue weighted by Gasteiger charge is 2.07. The van der Waals surface area contributed by atoms with Gasteiger partial charge in [-0.15, -0.1) is 10.2 Å². The quantitative estimate of drug-likeness (QED) is 0.742. The second-order valence-electron chi connectivity index (χ2n) is 4.37. The second-order valence-corrected chi connectivity index (χ2v) is 4.37. The fourth-order valence-electron chi connectivity index (χ4n) is 1.98. The standard InChI is InChI=1S/C13H14N6/c1-9-3-2-4-10(7-9)8-16-11-12-17-18-13(14)19(12)6-5-15-11/h2-7H,8H2,1H3,(H2,14,18)(H,15,16). The predicted octanol–water partition coefficient (Wildman–Crippen LogP) is 1.63. The summed E-state index contributed by atoms with van der Waals surface area (Å²) in [6, 6.07) is 8.31. The summed E-state index contributed by atoms with van der Waals surface area (Å²) < 4.78 is 1.70. The van der Waals surface area contributed by atoms with E-state index in [0.717, 1.165) is 0 Å². The lowest BCUT2D eigenvalue weighted by Crippen LogP contribution is -2.04. The molecule has 0 bridgehead atoms. The summed E-state index contributed by atoms with van der Waals surface area (Å²) in [4.78, 5) is 4.27. The number of nitrogens with one attached hydrogen (secondary N) is 1. The Morgan fingerprint density at radius 2 is 2.21 bits per heavy atom. The van der Waals surface area contributed by atoms with Crippen molar-refractivity contribution in [1.29, 1.82) is 0 Å². The van der Waals surface area contributed by atoms with Crippen LogP contribution >= 0.6 is 0 Å². The van der Waals surface area contributed by atoms with Gasteiger partial charge in [0.15, 0.2) is 5.82 Å². The first-order valence-corrected chi connectivity index (χ1v) is 5.98. The lowest BCUT2D eigenvalue weighted by atomic mass is 10.1. The zero-order valence-corrected chi connectivity index (χ0v) is 10.5.